The van der Waals surface area contributed by atoms with Crippen LogP contribution >= 0.6 is 11.3 Å². The van der Waals surface area contributed by atoms with Crippen LogP contribution < -0.4 is 0 Å². The summed E-state index contributed by atoms with van der Waals surface area (Å²) in [5, 5.41) is 4.72. The molecule has 6 heteroatoms. The van der Waals surface area contributed by atoms with Crippen molar-refractivity contribution >= 4 is 43.6 Å². The third kappa shape index (κ3) is 6.30. The van der Waals surface area contributed by atoms with Crippen LogP contribution in [-0.2, 0) is 26.5 Å². The van der Waals surface area contributed by atoms with E-state index in [9.17, 15) is 0 Å². The van der Waals surface area contributed by atoms with Gasteiger partial charge >= 0.3 is 0 Å². The van der Waals surface area contributed by atoms with Crippen LogP contribution in [0.1, 0.15) is 34.8 Å². The summed E-state index contributed by atoms with van der Waals surface area (Å²) >= 11 is 1.47. The van der Waals surface area contributed by atoms with Gasteiger partial charge in [-0.3, -0.25) is 4.98 Å². The molecule has 41 heavy (non-hydrogen) atoms. The monoisotopic (exact) mass is 734 g/mol. The van der Waals surface area contributed by atoms with Gasteiger partial charge in [0.05, 0.1) is 5.58 Å². The predicted molar refractivity (Wildman–Crippen MR) is 165 cm³/mol. The molecule has 0 atom stereocenters. The molecule has 1 radical (unpaired) electrons. The quantitative estimate of drug-likeness (QED) is 0.170. The van der Waals surface area contributed by atoms with Crippen LogP contribution in [0.3, 0.4) is 0 Å². The van der Waals surface area contributed by atoms with Crippen LogP contribution in [0.2, 0.25) is 0 Å². The van der Waals surface area contributed by atoms with Crippen molar-refractivity contribution in [3.63, 3.8) is 0 Å². The van der Waals surface area contributed by atoms with Crippen molar-refractivity contribution in [2.45, 2.75) is 34.1 Å². The molecule has 0 saturated carbocycles. The molecule has 0 saturated heterocycles. The van der Waals surface area contributed by atoms with Crippen molar-refractivity contribution in [1.82, 2.24) is 15.0 Å². The second kappa shape index (κ2) is 12.0. The molecule has 0 aliphatic heterocycles. The molecule has 5 aromatic heterocycles. The molecule has 7 aromatic rings. The summed E-state index contributed by atoms with van der Waals surface area (Å²) in [7, 11) is 0. The zero-order chi connectivity index (χ0) is 29.5. The standard InChI is InChI=1S/C24H21N2OS.C11H8N.Ir/c1-14-8-9-18-17-6-5-7-19(21(17)27-22(18)25-14)20-11-10-16-15(12-24(2,3)4)13-28-23(16)26-20;1-2-6-10(7-3-1)11-8-4-5-9-12-11;/h5-6,8-11,13H,12H2,1-4H3;1-6,8-9H;/q2*-1;/i12D2;;. The van der Waals surface area contributed by atoms with Crippen LogP contribution in [0, 0.1) is 24.5 Å². The number of pyridine rings is 3. The number of furan rings is 1. The van der Waals surface area contributed by atoms with E-state index in [2.05, 4.69) is 22.1 Å². The predicted octanol–water partition coefficient (Wildman–Crippen LogP) is 9.50. The molecule has 207 valence electrons. The normalized spacial score (nSPS) is 12.4. The maximum Gasteiger partial charge on any atom is 0.216 e. The number of rotatable bonds is 3. The number of thiophene rings is 1. The first kappa shape index (κ1) is 26.2. The smallest absolute Gasteiger partial charge is 0.216 e. The van der Waals surface area contributed by atoms with Crippen LogP contribution in [0.15, 0.2) is 94.9 Å². The van der Waals surface area contributed by atoms with Crippen molar-refractivity contribution in [3.8, 4) is 22.5 Å². The zero-order valence-electron chi connectivity index (χ0n) is 25.2. The van der Waals surface area contributed by atoms with Gasteiger partial charge in [-0.25, -0.2) is 4.98 Å². The van der Waals surface area contributed by atoms with E-state index in [0.717, 1.165) is 54.8 Å². The molecule has 2 aromatic carbocycles. The Labute approximate surface area is 260 Å². The SMILES string of the molecule is [2H]C([2H])(c1csc2nc(-c3[c-]ccc4c3oc3nc(C)ccc34)ccc12)C(C)(C)C.[Ir].[c-]1ccccc1-c1ccccn1. The fraction of sp³-hybridized carbons (Fsp3) is 0.171. The van der Waals surface area contributed by atoms with Gasteiger partial charge in [-0.05, 0) is 59.2 Å². The van der Waals surface area contributed by atoms with E-state index >= 15 is 0 Å². The second-order valence-electron chi connectivity index (χ2n) is 10.6. The molecule has 0 amide bonds. The Balaban J connectivity index is 0.000000238. The fourth-order valence-electron chi connectivity index (χ4n) is 4.53. The molecule has 0 bridgehead atoms. The van der Waals surface area contributed by atoms with Gasteiger partial charge in [-0.15, -0.1) is 65.4 Å². The molecule has 4 nitrogen and oxygen atoms in total. The number of nitrogens with zero attached hydrogens (tertiary/aromatic N) is 3. The van der Waals surface area contributed by atoms with Crippen molar-refractivity contribution in [2.24, 2.45) is 5.41 Å². The third-order valence-corrected chi connectivity index (χ3v) is 7.18. The van der Waals surface area contributed by atoms with Gasteiger partial charge in [0.1, 0.15) is 4.83 Å². The van der Waals surface area contributed by atoms with Crippen molar-refractivity contribution in [2.75, 3.05) is 0 Å². The van der Waals surface area contributed by atoms with Gasteiger partial charge in [0, 0.05) is 45.5 Å². The maximum absolute atomic E-state index is 8.64. The number of benzene rings is 2. The first-order valence-corrected chi connectivity index (χ1v) is 14.0. The summed E-state index contributed by atoms with van der Waals surface area (Å²) in [6.45, 7) is 7.71. The van der Waals surface area contributed by atoms with Crippen LogP contribution in [0.5, 0.6) is 0 Å². The van der Waals surface area contributed by atoms with E-state index in [1.165, 1.54) is 11.3 Å². The van der Waals surface area contributed by atoms with Crippen LogP contribution in [0.4, 0.5) is 0 Å². The first-order chi connectivity index (χ1) is 20.1. The number of hydrogen-bond donors (Lipinski definition) is 0. The van der Waals surface area contributed by atoms with E-state index in [0.29, 0.717) is 11.3 Å². The molecular formula is C35H29IrN3OS-2. The average molecular weight is 734 g/mol. The van der Waals surface area contributed by atoms with E-state index in [1.807, 2.05) is 112 Å². The molecule has 0 N–H and O–H groups in total. The van der Waals surface area contributed by atoms with Crippen molar-refractivity contribution < 1.29 is 27.3 Å². The van der Waals surface area contributed by atoms with Gasteiger partial charge in [0.2, 0.25) is 5.71 Å². The number of aromatic nitrogens is 3. The van der Waals surface area contributed by atoms with Crippen LogP contribution in [0.25, 0.3) is 54.8 Å². The van der Waals surface area contributed by atoms with Gasteiger partial charge in [-0.1, -0.05) is 56.0 Å². The van der Waals surface area contributed by atoms with Crippen molar-refractivity contribution in [1.29, 1.82) is 0 Å². The maximum atomic E-state index is 8.64. The molecule has 0 aliphatic carbocycles. The molecular weight excluding hydrogens is 703 g/mol. The Hall–Kier alpha value is -3.70. The minimum atomic E-state index is -1.46. The Morgan fingerprint density at radius 2 is 1.68 bits per heavy atom. The molecule has 0 spiro atoms. The number of aryl methyl sites for hydroxylation is 1. The minimum Gasteiger partial charge on any atom is -0.486 e. The summed E-state index contributed by atoms with van der Waals surface area (Å²) in [4.78, 5) is 14.4. The largest absolute Gasteiger partial charge is 0.486 e. The number of fused-ring (bicyclic) bond motifs is 4. The summed E-state index contributed by atoms with van der Waals surface area (Å²) < 4.78 is 23.4. The molecule has 5 heterocycles. The minimum absolute atomic E-state index is 0. The number of hydrogen-bond acceptors (Lipinski definition) is 5. The zero-order valence-corrected chi connectivity index (χ0v) is 26.4. The summed E-state index contributed by atoms with van der Waals surface area (Å²) in [5.74, 6) is 0. The van der Waals surface area contributed by atoms with Gasteiger partial charge in [0.25, 0.3) is 0 Å². The Morgan fingerprint density at radius 3 is 2.44 bits per heavy atom. The second-order valence-corrected chi connectivity index (χ2v) is 11.4. The topological polar surface area (TPSA) is 51.8 Å². The van der Waals surface area contributed by atoms with Gasteiger partial charge in [-0.2, -0.15) is 0 Å². The van der Waals surface area contributed by atoms with Gasteiger partial charge < -0.3 is 9.40 Å². The molecule has 0 fully saturated rings. The summed E-state index contributed by atoms with van der Waals surface area (Å²) in [6.07, 6.45) is 0.332. The summed E-state index contributed by atoms with van der Waals surface area (Å²) in [6, 6.07) is 31.9. The van der Waals surface area contributed by atoms with E-state index < -0.39 is 11.8 Å². The molecule has 0 unspecified atom stereocenters. The Bertz CT molecular complexity index is 1980. The van der Waals surface area contributed by atoms with Gasteiger partial charge in [0.15, 0.2) is 0 Å². The van der Waals surface area contributed by atoms with E-state index in [-0.39, 0.29) is 20.1 Å². The average Bonchev–Trinajstić information content (AvgIpc) is 3.59. The Morgan fingerprint density at radius 1 is 0.854 bits per heavy atom. The first-order valence-electron chi connectivity index (χ1n) is 14.1. The third-order valence-electron chi connectivity index (χ3n) is 6.29. The van der Waals surface area contributed by atoms with E-state index in [4.69, 9.17) is 12.1 Å². The molecule has 7 rings (SSSR count). The fourth-order valence-corrected chi connectivity index (χ4v) is 5.40. The van der Waals surface area contributed by atoms with Crippen molar-refractivity contribution in [3.05, 3.63) is 114 Å². The summed E-state index contributed by atoms with van der Waals surface area (Å²) in [5.41, 5.74) is 5.98. The molecule has 0 aliphatic rings. The van der Waals surface area contributed by atoms with E-state index in [1.54, 1.807) is 6.20 Å². The van der Waals surface area contributed by atoms with Crippen LogP contribution in [-0.4, -0.2) is 15.0 Å². The Kier molecular flexibility index (Phi) is 7.70.